The van der Waals surface area contributed by atoms with Gasteiger partial charge >= 0.3 is 0 Å². The van der Waals surface area contributed by atoms with Crippen molar-refractivity contribution in [3.63, 3.8) is 0 Å². The predicted octanol–water partition coefficient (Wildman–Crippen LogP) is 2.77. The smallest absolute Gasteiger partial charge is 0.0580 e. The third-order valence-electron chi connectivity index (χ3n) is 3.47. The topological polar surface area (TPSA) is 47.3 Å². The Morgan fingerprint density at radius 1 is 1.53 bits per heavy atom. The molecule has 3 N–H and O–H groups in total. The van der Waals surface area contributed by atoms with E-state index in [9.17, 15) is 0 Å². The Balaban J connectivity index is 1.81. The number of ether oxygens (including phenoxy) is 1. The van der Waals surface area contributed by atoms with Crippen LogP contribution >= 0.6 is 11.3 Å². The summed E-state index contributed by atoms with van der Waals surface area (Å²) in [6, 6.07) is 4.65. The molecule has 1 heterocycles. The van der Waals surface area contributed by atoms with Crippen molar-refractivity contribution in [2.24, 2.45) is 11.8 Å². The van der Waals surface area contributed by atoms with E-state index >= 15 is 0 Å². The molecule has 0 spiro atoms. The molecular weight excluding hydrogens is 232 g/mol. The van der Waals surface area contributed by atoms with Crippen LogP contribution in [0.15, 0.2) is 12.1 Å². The molecule has 0 saturated heterocycles. The van der Waals surface area contributed by atoms with Gasteiger partial charge in [0.25, 0.3) is 0 Å². The zero-order valence-corrected chi connectivity index (χ0v) is 11.4. The lowest BCUT2D eigenvalue weighted by Crippen LogP contribution is -2.36. The molecule has 17 heavy (non-hydrogen) atoms. The van der Waals surface area contributed by atoms with Gasteiger partial charge in [-0.1, -0.05) is 0 Å². The SMILES string of the molecule is CCOC1CC(CC(NN)c2ccc(C)s2)C1. The fourth-order valence-corrected chi connectivity index (χ4v) is 3.43. The molecule has 0 amide bonds. The Labute approximate surface area is 107 Å². The van der Waals surface area contributed by atoms with E-state index in [0.29, 0.717) is 12.1 Å². The molecule has 1 aromatic rings. The van der Waals surface area contributed by atoms with Gasteiger partial charge in [-0.2, -0.15) is 0 Å². The summed E-state index contributed by atoms with van der Waals surface area (Å²) in [6.45, 7) is 5.03. The van der Waals surface area contributed by atoms with Gasteiger partial charge in [-0.3, -0.25) is 11.3 Å². The van der Waals surface area contributed by atoms with E-state index in [-0.39, 0.29) is 0 Å². The minimum absolute atomic E-state index is 0.307. The van der Waals surface area contributed by atoms with E-state index in [0.717, 1.165) is 18.9 Å². The van der Waals surface area contributed by atoms with Gasteiger partial charge < -0.3 is 4.74 Å². The van der Waals surface area contributed by atoms with Gasteiger partial charge in [0, 0.05) is 16.4 Å². The molecule has 1 aliphatic rings. The van der Waals surface area contributed by atoms with Gasteiger partial charge in [0.05, 0.1) is 12.1 Å². The van der Waals surface area contributed by atoms with E-state index in [1.807, 2.05) is 11.3 Å². The number of rotatable bonds is 6. The first-order valence-electron chi connectivity index (χ1n) is 6.37. The van der Waals surface area contributed by atoms with Crippen molar-refractivity contribution in [1.29, 1.82) is 0 Å². The summed E-state index contributed by atoms with van der Waals surface area (Å²) in [5, 5.41) is 0. The molecule has 96 valence electrons. The monoisotopic (exact) mass is 254 g/mol. The second kappa shape index (κ2) is 5.96. The van der Waals surface area contributed by atoms with Crippen LogP contribution in [0.3, 0.4) is 0 Å². The van der Waals surface area contributed by atoms with Gasteiger partial charge in [0.2, 0.25) is 0 Å². The highest BCUT2D eigenvalue weighted by molar-refractivity contribution is 7.12. The average molecular weight is 254 g/mol. The van der Waals surface area contributed by atoms with Crippen LogP contribution in [0.4, 0.5) is 0 Å². The zero-order chi connectivity index (χ0) is 12.3. The summed E-state index contributed by atoms with van der Waals surface area (Å²) in [4.78, 5) is 2.70. The lowest BCUT2D eigenvalue weighted by atomic mass is 9.78. The lowest BCUT2D eigenvalue weighted by molar-refractivity contribution is -0.0290. The Kier molecular flexibility index (Phi) is 4.56. The highest BCUT2D eigenvalue weighted by Crippen LogP contribution is 2.37. The summed E-state index contributed by atoms with van der Waals surface area (Å²) >= 11 is 1.83. The Bertz CT molecular complexity index is 347. The van der Waals surface area contributed by atoms with Gasteiger partial charge in [-0.05, 0) is 51.2 Å². The van der Waals surface area contributed by atoms with Crippen molar-refractivity contribution in [2.45, 2.75) is 45.3 Å². The molecule has 0 bridgehead atoms. The fraction of sp³-hybridized carbons (Fsp3) is 0.692. The van der Waals surface area contributed by atoms with E-state index in [1.165, 1.54) is 22.6 Å². The third-order valence-corrected chi connectivity index (χ3v) is 4.58. The van der Waals surface area contributed by atoms with Crippen LogP contribution < -0.4 is 11.3 Å². The maximum absolute atomic E-state index is 5.66. The first-order chi connectivity index (χ1) is 8.22. The maximum Gasteiger partial charge on any atom is 0.0580 e. The Morgan fingerprint density at radius 3 is 2.82 bits per heavy atom. The molecule has 1 saturated carbocycles. The van der Waals surface area contributed by atoms with Crippen molar-refractivity contribution < 1.29 is 4.74 Å². The van der Waals surface area contributed by atoms with Crippen LogP contribution in [0.5, 0.6) is 0 Å². The number of hydrogen-bond donors (Lipinski definition) is 2. The molecule has 1 unspecified atom stereocenters. The molecular formula is C13H22N2OS. The van der Waals surface area contributed by atoms with Gasteiger partial charge in [0.1, 0.15) is 0 Å². The van der Waals surface area contributed by atoms with Crippen LogP contribution in [0.25, 0.3) is 0 Å². The lowest BCUT2D eigenvalue weighted by Gasteiger charge is -2.36. The van der Waals surface area contributed by atoms with Crippen LogP contribution in [-0.2, 0) is 4.74 Å². The van der Waals surface area contributed by atoms with E-state index in [4.69, 9.17) is 10.6 Å². The molecule has 1 aromatic heterocycles. The Hall–Kier alpha value is -0.420. The third kappa shape index (κ3) is 3.28. The summed E-state index contributed by atoms with van der Waals surface area (Å²) in [7, 11) is 0. The molecule has 1 atom stereocenters. The van der Waals surface area contributed by atoms with Crippen LogP contribution in [0.2, 0.25) is 0 Å². The average Bonchev–Trinajstić information content (AvgIpc) is 2.68. The number of nitrogens with two attached hydrogens (primary N) is 1. The molecule has 1 fully saturated rings. The summed E-state index contributed by atoms with van der Waals surface area (Å²) in [6.07, 6.45) is 4.00. The molecule has 3 nitrogen and oxygen atoms in total. The van der Waals surface area contributed by atoms with Crippen molar-refractivity contribution >= 4 is 11.3 Å². The minimum atomic E-state index is 0.307. The summed E-state index contributed by atoms with van der Waals surface area (Å²) in [5.41, 5.74) is 2.95. The molecule has 0 aliphatic heterocycles. The van der Waals surface area contributed by atoms with E-state index < -0.39 is 0 Å². The fourth-order valence-electron chi connectivity index (χ4n) is 2.48. The summed E-state index contributed by atoms with van der Waals surface area (Å²) < 4.78 is 5.58. The van der Waals surface area contributed by atoms with Gasteiger partial charge in [-0.15, -0.1) is 11.3 Å². The molecule has 0 aromatic carbocycles. The Morgan fingerprint density at radius 2 is 2.29 bits per heavy atom. The number of hydrogen-bond acceptors (Lipinski definition) is 4. The highest BCUT2D eigenvalue weighted by atomic mass is 32.1. The van der Waals surface area contributed by atoms with E-state index in [2.05, 4.69) is 31.4 Å². The van der Waals surface area contributed by atoms with Crippen LogP contribution in [0, 0.1) is 12.8 Å². The normalized spacial score (nSPS) is 25.6. The van der Waals surface area contributed by atoms with Gasteiger partial charge in [-0.25, -0.2) is 0 Å². The highest BCUT2D eigenvalue weighted by Gasteiger charge is 2.31. The standard InChI is InChI=1S/C13H22N2OS/c1-3-16-11-6-10(7-11)8-12(15-14)13-5-4-9(2)17-13/h4-5,10-12,15H,3,6-8,14H2,1-2H3. The minimum Gasteiger partial charge on any atom is -0.378 e. The number of aryl methyl sites for hydroxylation is 1. The van der Waals surface area contributed by atoms with Crippen molar-refractivity contribution in [3.8, 4) is 0 Å². The first-order valence-corrected chi connectivity index (χ1v) is 7.18. The zero-order valence-electron chi connectivity index (χ0n) is 10.6. The largest absolute Gasteiger partial charge is 0.378 e. The number of thiophene rings is 1. The van der Waals surface area contributed by atoms with Gasteiger partial charge in [0.15, 0.2) is 0 Å². The molecule has 4 heteroatoms. The maximum atomic E-state index is 5.66. The quantitative estimate of drug-likeness (QED) is 0.606. The van der Waals surface area contributed by atoms with Crippen molar-refractivity contribution in [2.75, 3.05) is 6.61 Å². The molecule has 1 aliphatic carbocycles. The number of hydrazine groups is 1. The second-order valence-electron chi connectivity index (χ2n) is 4.82. The van der Waals surface area contributed by atoms with Crippen LogP contribution in [-0.4, -0.2) is 12.7 Å². The molecule has 0 radical (unpaired) electrons. The second-order valence-corrected chi connectivity index (χ2v) is 6.14. The van der Waals surface area contributed by atoms with E-state index in [1.54, 1.807) is 0 Å². The van der Waals surface area contributed by atoms with Crippen LogP contribution in [0.1, 0.15) is 42.0 Å². The molecule has 2 rings (SSSR count). The van der Waals surface area contributed by atoms with Crippen molar-refractivity contribution in [3.05, 3.63) is 21.9 Å². The van der Waals surface area contributed by atoms with Crippen molar-refractivity contribution in [1.82, 2.24) is 5.43 Å². The summed E-state index contributed by atoms with van der Waals surface area (Å²) in [5.74, 6) is 6.42. The predicted molar refractivity (Wildman–Crippen MR) is 71.9 cm³/mol. The first kappa shape index (κ1) is 13.0. The number of nitrogens with one attached hydrogen (secondary N) is 1.